The van der Waals surface area contributed by atoms with Gasteiger partial charge in [-0.2, -0.15) is 0 Å². The average Bonchev–Trinajstić information content (AvgIpc) is 2.94. The molecular weight excluding hydrogens is 264 g/mol. The van der Waals surface area contributed by atoms with E-state index in [0.29, 0.717) is 24.4 Å². The molecule has 0 unspecified atom stereocenters. The first-order chi connectivity index (χ1) is 10.1. The maximum atomic E-state index is 5.66. The highest BCUT2D eigenvalue weighted by atomic mass is 16.4. The smallest absolute Gasteiger partial charge is 0.317 e. The number of nitrogens with one attached hydrogen (secondary N) is 1. The molecule has 0 spiro atoms. The highest BCUT2D eigenvalue weighted by Crippen LogP contribution is 2.11. The zero-order valence-electron chi connectivity index (χ0n) is 13.0. The summed E-state index contributed by atoms with van der Waals surface area (Å²) in [7, 11) is 1.97. The second kappa shape index (κ2) is 7.78. The summed E-state index contributed by atoms with van der Waals surface area (Å²) in [5.74, 6) is 1.25. The number of likely N-dealkylation sites (N-methyl/N-ethyl adjacent to an activating group) is 1. The van der Waals surface area contributed by atoms with Gasteiger partial charge in [-0.15, -0.1) is 5.10 Å². The van der Waals surface area contributed by atoms with Crippen LogP contribution < -0.4 is 10.2 Å². The van der Waals surface area contributed by atoms with E-state index in [2.05, 4.69) is 53.6 Å². The Labute approximate surface area is 126 Å². The Morgan fingerprint density at radius 1 is 1.19 bits per heavy atom. The summed E-state index contributed by atoms with van der Waals surface area (Å²) in [5, 5.41) is 11.5. The Morgan fingerprint density at radius 2 is 1.95 bits per heavy atom. The fourth-order valence-electron chi connectivity index (χ4n) is 1.98. The molecule has 5 heteroatoms. The molecule has 114 valence electrons. The maximum absolute atomic E-state index is 5.66. The molecule has 21 heavy (non-hydrogen) atoms. The van der Waals surface area contributed by atoms with E-state index in [1.807, 2.05) is 18.0 Å². The predicted molar refractivity (Wildman–Crippen MR) is 84.3 cm³/mol. The van der Waals surface area contributed by atoms with Gasteiger partial charge in [0.05, 0.1) is 6.54 Å². The second-order valence-electron chi connectivity index (χ2n) is 5.66. The van der Waals surface area contributed by atoms with Crippen LogP contribution >= 0.6 is 0 Å². The lowest BCUT2D eigenvalue weighted by molar-refractivity contribution is 0.450. The Hall–Kier alpha value is -1.88. The Kier molecular flexibility index (Phi) is 5.75. The molecule has 2 aromatic rings. The fourth-order valence-corrected chi connectivity index (χ4v) is 1.98. The predicted octanol–water partition coefficient (Wildman–Crippen LogP) is 2.49. The largest absolute Gasteiger partial charge is 0.407 e. The number of rotatable bonds is 8. The molecule has 2 rings (SSSR count). The summed E-state index contributed by atoms with van der Waals surface area (Å²) in [6.45, 7) is 6.76. The third kappa shape index (κ3) is 5.19. The third-order valence-corrected chi connectivity index (χ3v) is 3.19. The van der Waals surface area contributed by atoms with Crippen molar-refractivity contribution >= 4 is 6.01 Å². The number of hydrogen-bond donors (Lipinski definition) is 1. The van der Waals surface area contributed by atoms with Crippen molar-refractivity contribution in [3.8, 4) is 0 Å². The van der Waals surface area contributed by atoms with Crippen molar-refractivity contribution in [2.75, 3.05) is 25.0 Å². The van der Waals surface area contributed by atoms with Crippen LogP contribution in [0.1, 0.15) is 25.3 Å². The summed E-state index contributed by atoms with van der Waals surface area (Å²) >= 11 is 0. The molecule has 0 saturated carbocycles. The highest BCUT2D eigenvalue weighted by molar-refractivity contribution is 5.24. The minimum absolute atomic E-state index is 0.576. The first-order valence-corrected chi connectivity index (χ1v) is 7.43. The molecule has 0 saturated heterocycles. The molecule has 1 aromatic heterocycles. The lowest BCUT2D eigenvalue weighted by atomic mass is 10.1. The standard InChI is InChI=1S/C16H24N4O/c1-13(2)11-17-12-15-18-19-16(21-15)20(3)10-9-14-7-5-4-6-8-14/h4-8,13,17H,9-12H2,1-3H3. The average molecular weight is 288 g/mol. The topological polar surface area (TPSA) is 54.2 Å². The molecule has 1 heterocycles. The van der Waals surface area contributed by atoms with Crippen LogP contribution in [0, 0.1) is 5.92 Å². The van der Waals surface area contributed by atoms with Crippen LogP contribution in [0.5, 0.6) is 0 Å². The van der Waals surface area contributed by atoms with E-state index >= 15 is 0 Å². The Morgan fingerprint density at radius 3 is 2.67 bits per heavy atom. The van der Waals surface area contributed by atoms with Gasteiger partial charge in [-0.25, -0.2) is 0 Å². The molecule has 5 nitrogen and oxygen atoms in total. The molecule has 1 aromatic carbocycles. The van der Waals surface area contributed by atoms with Gasteiger partial charge in [0.1, 0.15) is 0 Å². The van der Waals surface area contributed by atoms with Gasteiger partial charge >= 0.3 is 6.01 Å². The molecule has 0 aliphatic heterocycles. The van der Waals surface area contributed by atoms with Gasteiger partial charge in [0.15, 0.2) is 0 Å². The van der Waals surface area contributed by atoms with Crippen molar-refractivity contribution in [1.29, 1.82) is 0 Å². The molecule has 0 aliphatic rings. The van der Waals surface area contributed by atoms with Gasteiger partial charge in [0.25, 0.3) is 0 Å². The van der Waals surface area contributed by atoms with Crippen LogP contribution in [0.25, 0.3) is 0 Å². The highest BCUT2D eigenvalue weighted by Gasteiger charge is 2.10. The van der Waals surface area contributed by atoms with Gasteiger partial charge < -0.3 is 14.6 Å². The van der Waals surface area contributed by atoms with E-state index in [1.165, 1.54) is 5.56 Å². The van der Waals surface area contributed by atoms with Gasteiger partial charge in [-0.3, -0.25) is 0 Å². The summed E-state index contributed by atoms with van der Waals surface area (Å²) < 4.78 is 5.66. The third-order valence-electron chi connectivity index (χ3n) is 3.19. The zero-order valence-corrected chi connectivity index (χ0v) is 13.0. The van der Waals surface area contributed by atoms with Crippen molar-refractivity contribution in [2.45, 2.75) is 26.8 Å². The van der Waals surface area contributed by atoms with E-state index in [-0.39, 0.29) is 0 Å². The first kappa shape index (κ1) is 15.5. The molecular formula is C16H24N4O. The molecule has 0 amide bonds. The van der Waals surface area contributed by atoms with Crippen LogP contribution in [-0.2, 0) is 13.0 Å². The summed E-state index contributed by atoms with van der Waals surface area (Å²) in [4.78, 5) is 1.99. The number of benzene rings is 1. The van der Waals surface area contributed by atoms with Crippen LogP contribution in [0.2, 0.25) is 0 Å². The molecule has 0 radical (unpaired) electrons. The SMILES string of the molecule is CC(C)CNCc1nnc(N(C)CCc2ccccc2)o1. The van der Waals surface area contributed by atoms with Crippen LogP contribution in [0.15, 0.2) is 34.7 Å². The maximum Gasteiger partial charge on any atom is 0.317 e. The van der Waals surface area contributed by atoms with E-state index < -0.39 is 0 Å². The van der Waals surface area contributed by atoms with Crippen LogP contribution in [0.4, 0.5) is 6.01 Å². The lowest BCUT2D eigenvalue weighted by Crippen LogP contribution is -2.20. The second-order valence-corrected chi connectivity index (χ2v) is 5.66. The first-order valence-electron chi connectivity index (χ1n) is 7.43. The monoisotopic (exact) mass is 288 g/mol. The van der Waals surface area contributed by atoms with Crippen molar-refractivity contribution in [3.63, 3.8) is 0 Å². The van der Waals surface area contributed by atoms with Crippen LogP contribution in [0.3, 0.4) is 0 Å². The summed E-state index contributed by atoms with van der Waals surface area (Å²) in [6.07, 6.45) is 0.959. The van der Waals surface area contributed by atoms with Gasteiger partial charge in [0, 0.05) is 13.6 Å². The molecule has 0 aliphatic carbocycles. The molecule has 0 fully saturated rings. The number of aromatic nitrogens is 2. The van der Waals surface area contributed by atoms with Crippen molar-refractivity contribution in [2.24, 2.45) is 5.92 Å². The quantitative estimate of drug-likeness (QED) is 0.809. The number of nitrogens with zero attached hydrogens (tertiary/aromatic N) is 3. The number of hydrogen-bond acceptors (Lipinski definition) is 5. The van der Waals surface area contributed by atoms with Gasteiger partial charge in [0.2, 0.25) is 5.89 Å². The van der Waals surface area contributed by atoms with Gasteiger partial charge in [-0.1, -0.05) is 49.3 Å². The zero-order chi connectivity index (χ0) is 15.1. The molecule has 1 N–H and O–H groups in total. The summed E-state index contributed by atoms with van der Waals surface area (Å²) in [5.41, 5.74) is 1.31. The Bertz CT molecular complexity index is 524. The van der Waals surface area contributed by atoms with E-state index in [1.54, 1.807) is 0 Å². The van der Waals surface area contributed by atoms with Gasteiger partial charge in [-0.05, 0) is 24.4 Å². The summed E-state index contributed by atoms with van der Waals surface area (Å²) in [6, 6.07) is 11.0. The number of anilines is 1. The Balaban J connectivity index is 1.80. The van der Waals surface area contributed by atoms with Crippen LogP contribution in [-0.4, -0.2) is 30.3 Å². The van der Waals surface area contributed by atoms with E-state index in [4.69, 9.17) is 4.42 Å². The van der Waals surface area contributed by atoms with E-state index in [0.717, 1.165) is 19.5 Å². The minimum Gasteiger partial charge on any atom is -0.407 e. The van der Waals surface area contributed by atoms with Crippen molar-refractivity contribution in [1.82, 2.24) is 15.5 Å². The molecule has 0 atom stereocenters. The minimum atomic E-state index is 0.576. The van der Waals surface area contributed by atoms with Crippen molar-refractivity contribution < 1.29 is 4.42 Å². The van der Waals surface area contributed by atoms with Crippen molar-refractivity contribution in [3.05, 3.63) is 41.8 Å². The van der Waals surface area contributed by atoms with E-state index in [9.17, 15) is 0 Å². The fraction of sp³-hybridized carbons (Fsp3) is 0.500. The normalized spacial score (nSPS) is 11.0. The lowest BCUT2D eigenvalue weighted by Gasteiger charge is -2.13. The molecule has 0 bridgehead atoms.